The number of hydrogen-bond donors (Lipinski definition) is 1. The summed E-state index contributed by atoms with van der Waals surface area (Å²) in [5.74, 6) is -0.754. The first kappa shape index (κ1) is 29.1. The lowest BCUT2D eigenvalue weighted by Gasteiger charge is -2.24. The SMILES string of the molecule is CCOC(=O)c1sc(N2C(=O)C(=O)/C(=C(/O)c3ccc4c(c3)OCCO4)[C@H]2c2cccc(OCCC(C)C)c2)nc1C. The van der Waals surface area contributed by atoms with Crippen molar-refractivity contribution in [3.8, 4) is 17.2 Å². The van der Waals surface area contributed by atoms with Gasteiger partial charge in [-0.3, -0.25) is 14.5 Å². The van der Waals surface area contributed by atoms with E-state index in [4.69, 9.17) is 18.9 Å². The van der Waals surface area contributed by atoms with E-state index in [9.17, 15) is 19.5 Å². The molecule has 0 saturated carbocycles. The molecule has 0 spiro atoms. The number of aliphatic hydroxyl groups is 1. The van der Waals surface area contributed by atoms with Gasteiger partial charge in [-0.05, 0) is 62.1 Å². The average Bonchev–Trinajstić information content (AvgIpc) is 3.48. The Morgan fingerprint density at radius 2 is 1.90 bits per heavy atom. The van der Waals surface area contributed by atoms with Crippen molar-refractivity contribution in [1.82, 2.24) is 4.98 Å². The molecule has 10 nitrogen and oxygen atoms in total. The Morgan fingerprint density at radius 1 is 1.14 bits per heavy atom. The van der Waals surface area contributed by atoms with Gasteiger partial charge in [-0.1, -0.05) is 37.3 Å². The van der Waals surface area contributed by atoms with Crippen LogP contribution in [0.4, 0.5) is 5.13 Å². The van der Waals surface area contributed by atoms with Gasteiger partial charge < -0.3 is 24.1 Å². The van der Waals surface area contributed by atoms with Gasteiger partial charge in [0.15, 0.2) is 16.6 Å². The first-order chi connectivity index (χ1) is 20.2. The van der Waals surface area contributed by atoms with Gasteiger partial charge in [-0.25, -0.2) is 9.78 Å². The summed E-state index contributed by atoms with van der Waals surface area (Å²) in [4.78, 5) is 45.7. The molecule has 2 aromatic carbocycles. The monoisotopic (exact) mass is 592 g/mol. The number of benzene rings is 2. The number of aryl methyl sites for hydroxylation is 1. The third kappa shape index (κ3) is 5.69. The van der Waals surface area contributed by atoms with E-state index in [0.29, 0.717) is 54.2 Å². The first-order valence-electron chi connectivity index (χ1n) is 13.8. The van der Waals surface area contributed by atoms with Gasteiger partial charge in [-0.2, -0.15) is 0 Å². The number of ketones is 1. The summed E-state index contributed by atoms with van der Waals surface area (Å²) in [6.45, 7) is 8.95. The Balaban J connectivity index is 1.63. The highest BCUT2D eigenvalue weighted by Crippen LogP contribution is 2.45. The molecule has 42 heavy (non-hydrogen) atoms. The molecule has 0 unspecified atom stereocenters. The summed E-state index contributed by atoms with van der Waals surface area (Å²) in [5, 5.41) is 11.7. The van der Waals surface area contributed by atoms with E-state index in [0.717, 1.165) is 17.8 Å². The fraction of sp³-hybridized carbons (Fsp3) is 0.355. The van der Waals surface area contributed by atoms with Crippen LogP contribution in [0, 0.1) is 12.8 Å². The van der Waals surface area contributed by atoms with Crippen molar-refractivity contribution in [2.24, 2.45) is 5.92 Å². The van der Waals surface area contributed by atoms with Crippen molar-refractivity contribution >= 4 is 39.9 Å². The third-order valence-corrected chi connectivity index (χ3v) is 7.99. The summed E-state index contributed by atoms with van der Waals surface area (Å²) < 4.78 is 22.4. The van der Waals surface area contributed by atoms with Gasteiger partial charge in [0.2, 0.25) is 0 Å². The fourth-order valence-corrected chi connectivity index (χ4v) is 5.74. The Kier molecular flexibility index (Phi) is 8.49. The van der Waals surface area contributed by atoms with E-state index in [-0.39, 0.29) is 33.5 Å². The van der Waals surface area contributed by atoms with Crippen molar-refractivity contribution in [1.29, 1.82) is 0 Å². The number of amides is 1. The number of nitrogens with zero attached hydrogens (tertiary/aromatic N) is 2. The molecule has 0 radical (unpaired) electrons. The molecule has 1 fully saturated rings. The standard InChI is InChI=1S/C31H32N2O8S/c1-5-38-30(37)28-18(4)32-31(42-28)33-25(19-7-6-8-21(15-19)39-12-11-17(2)3)24(27(35)29(33)36)26(34)20-9-10-22-23(16-20)41-14-13-40-22/h6-10,15-17,25,34H,5,11-14H2,1-4H3/b26-24+/t25-/m1/s1. The second-order valence-electron chi connectivity index (χ2n) is 10.3. The highest BCUT2D eigenvalue weighted by atomic mass is 32.1. The minimum absolute atomic E-state index is 0.124. The zero-order chi connectivity index (χ0) is 30.0. The zero-order valence-corrected chi connectivity index (χ0v) is 24.7. The number of carbonyl (C=O) groups excluding carboxylic acids is 3. The zero-order valence-electron chi connectivity index (χ0n) is 23.8. The second kappa shape index (κ2) is 12.2. The van der Waals surface area contributed by atoms with E-state index >= 15 is 0 Å². The molecule has 0 bridgehead atoms. The van der Waals surface area contributed by atoms with Crippen molar-refractivity contribution in [3.05, 3.63) is 69.7 Å². The molecule has 3 heterocycles. The van der Waals surface area contributed by atoms with Crippen LogP contribution in [0.1, 0.15) is 59.7 Å². The number of carbonyl (C=O) groups is 3. The molecule has 2 aliphatic rings. The Labute approximate surface area is 247 Å². The lowest BCUT2D eigenvalue weighted by molar-refractivity contribution is -0.132. The fourth-order valence-electron chi connectivity index (χ4n) is 4.75. The lowest BCUT2D eigenvalue weighted by Crippen LogP contribution is -2.29. The first-order valence-corrected chi connectivity index (χ1v) is 14.6. The molecule has 1 atom stereocenters. The Hall–Kier alpha value is -4.38. The van der Waals surface area contributed by atoms with Crippen molar-refractivity contribution in [2.45, 2.75) is 40.2 Å². The molecule has 5 rings (SSSR count). The van der Waals surface area contributed by atoms with Crippen molar-refractivity contribution in [2.75, 3.05) is 31.3 Å². The Bertz CT molecular complexity index is 1560. The number of rotatable bonds is 9. The van der Waals surface area contributed by atoms with Crippen LogP contribution < -0.4 is 19.1 Å². The number of Topliss-reactive ketones (excluding diaryl/α,β-unsaturated/α-hetero) is 1. The molecule has 2 aliphatic heterocycles. The summed E-state index contributed by atoms with van der Waals surface area (Å²) >= 11 is 0.954. The largest absolute Gasteiger partial charge is 0.507 e. The molecule has 1 saturated heterocycles. The molecule has 220 valence electrons. The number of ether oxygens (including phenoxy) is 4. The van der Waals surface area contributed by atoms with E-state index in [1.165, 1.54) is 4.90 Å². The van der Waals surface area contributed by atoms with Gasteiger partial charge in [0.1, 0.15) is 29.6 Å². The minimum Gasteiger partial charge on any atom is -0.507 e. The maximum absolute atomic E-state index is 13.6. The number of fused-ring (bicyclic) bond motifs is 1. The van der Waals surface area contributed by atoms with Gasteiger partial charge in [0, 0.05) is 5.56 Å². The normalized spacial score (nSPS) is 17.5. The van der Waals surface area contributed by atoms with Gasteiger partial charge in [0.05, 0.1) is 30.5 Å². The third-order valence-electron chi connectivity index (χ3n) is 6.85. The Morgan fingerprint density at radius 3 is 2.64 bits per heavy atom. The molecular formula is C31H32N2O8S. The molecule has 1 amide bonds. The van der Waals surface area contributed by atoms with Crippen LogP contribution in [0.25, 0.3) is 5.76 Å². The van der Waals surface area contributed by atoms with Crippen LogP contribution in [0.15, 0.2) is 48.0 Å². The van der Waals surface area contributed by atoms with Crippen LogP contribution in [0.5, 0.6) is 17.2 Å². The highest BCUT2D eigenvalue weighted by Gasteiger charge is 2.48. The molecule has 11 heteroatoms. The van der Waals surface area contributed by atoms with Crippen LogP contribution in [0.2, 0.25) is 0 Å². The molecular weight excluding hydrogens is 560 g/mol. The summed E-state index contributed by atoms with van der Waals surface area (Å²) in [7, 11) is 0. The van der Waals surface area contributed by atoms with E-state index in [1.807, 2.05) is 0 Å². The minimum atomic E-state index is -1.05. The lowest BCUT2D eigenvalue weighted by atomic mass is 9.95. The summed E-state index contributed by atoms with van der Waals surface area (Å²) in [5.41, 5.74) is 1.06. The number of hydrogen-bond acceptors (Lipinski definition) is 10. The number of aromatic nitrogens is 1. The van der Waals surface area contributed by atoms with E-state index < -0.39 is 23.7 Å². The van der Waals surface area contributed by atoms with Crippen LogP contribution in [0.3, 0.4) is 0 Å². The van der Waals surface area contributed by atoms with Crippen LogP contribution >= 0.6 is 11.3 Å². The van der Waals surface area contributed by atoms with Crippen molar-refractivity contribution < 1.29 is 38.4 Å². The van der Waals surface area contributed by atoms with Crippen LogP contribution in [-0.4, -0.2) is 54.2 Å². The topological polar surface area (TPSA) is 124 Å². The molecule has 1 aromatic heterocycles. The predicted octanol–water partition coefficient (Wildman–Crippen LogP) is 5.45. The van der Waals surface area contributed by atoms with Crippen molar-refractivity contribution in [3.63, 3.8) is 0 Å². The number of aliphatic hydroxyl groups excluding tert-OH is 1. The predicted molar refractivity (Wildman–Crippen MR) is 156 cm³/mol. The average molecular weight is 593 g/mol. The van der Waals surface area contributed by atoms with Gasteiger partial charge in [-0.15, -0.1) is 0 Å². The number of anilines is 1. The van der Waals surface area contributed by atoms with Crippen LogP contribution in [-0.2, 0) is 14.3 Å². The number of thiazole rings is 1. The quantitative estimate of drug-likeness (QED) is 0.149. The highest BCUT2D eigenvalue weighted by molar-refractivity contribution is 7.17. The van der Waals surface area contributed by atoms with E-state index in [2.05, 4.69) is 18.8 Å². The molecule has 3 aromatic rings. The van der Waals surface area contributed by atoms with Gasteiger partial charge in [0.25, 0.3) is 5.78 Å². The summed E-state index contributed by atoms with van der Waals surface area (Å²) in [6.07, 6.45) is 0.849. The maximum atomic E-state index is 13.6. The maximum Gasteiger partial charge on any atom is 0.350 e. The molecule has 1 N–H and O–H groups in total. The number of esters is 1. The van der Waals surface area contributed by atoms with E-state index in [1.54, 1.807) is 56.3 Å². The summed E-state index contributed by atoms with van der Waals surface area (Å²) in [6, 6.07) is 10.8. The molecule has 0 aliphatic carbocycles. The smallest absolute Gasteiger partial charge is 0.350 e. The second-order valence-corrected chi connectivity index (χ2v) is 11.2. The van der Waals surface area contributed by atoms with Gasteiger partial charge >= 0.3 is 11.9 Å².